The Labute approximate surface area is 138 Å². The molecule has 1 atom stereocenters. The minimum Gasteiger partial charge on any atom is -0.355 e. The summed E-state index contributed by atoms with van der Waals surface area (Å²) in [6.45, 7) is 8.67. The van der Waals surface area contributed by atoms with Crippen molar-refractivity contribution in [1.29, 1.82) is 0 Å². The van der Waals surface area contributed by atoms with Crippen molar-refractivity contribution in [3.63, 3.8) is 0 Å². The van der Waals surface area contributed by atoms with E-state index < -0.39 is 0 Å². The molecule has 0 spiro atoms. The Morgan fingerprint density at radius 1 is 1.09 bits per heavy atom. The Hall–Kier alpha value is -1.94. The third-order valence-electron chi connectivity index (χ3n) is 3.65. The van der Waals surface area contributed by atoms with Gasteiger partial charge in [-0.25, -0.2) is 0 Å². The average molecular weight is 313 g/mol. The van der Waals surface area contributed by atoms with E-state index in [0.717, 1.165) is 5.69 Å². The van der Waals surface area contributed by atoms with Crippen LogP contribution in [-0.4, -0.2) is 10.1 Å². The maximum absolute atomic E-state index is 5.46. The van der Waals surface area contributed by atoms with Crippen molar-refractivity contribution in [2.45, 2.75) is 33.7 Å². The summed E-state index contributed by atoms with van der Waals surface area (Å²) in [6.07, 6.45) is 3.49. The summed E-state index contributed by atoms with van der Waals surface area (Å²) in [4.78, 5) is 4.01. The molecule has 2 N–H and O–H groups in total. The third kappa shape index (κ3) is 4.28. The molecule has 22 heavy (non-hydrogen) atoms. The van der Waals surface area contributed by atoms with Gasteiger partial charge in [0, 0.05) is 18.1 Å². The van der Waals surface area contributed by atoms with Crippen molar-refractivity contribution in [1.82, 2.24) is 10.3 Å². The van der Waals surface area contributed by atoms with Crippen molar-refractivity contribution in [2.24, 2.45) is 5.92 Å². The molecule has 4 heteroatoms. The van der Waals surface area contributed by atoms with Gasteiger partial charge in [0.1, 0.15) is 0 Å². The van der Waals surface area contributed by atoms with Crippen LogP contribution >= 0.6 is 12.2 Å². The largest absolute Gasteiger partial charge is 0.355 e. The second kappa shape index (κ2) is 7.36. The van der Waals surface area contributed by atoms with Gasteiger partial charge in [0.15, 0.2) is 5.11 Å². The van der Waals surface area contributed by atoms with E-state index in [1.807, 2.05) is 12.1 Å². The van der Waals surface area contributed by atoms with Crippen LogP contribution in [0.2, 0.25) is 0 Å². The second-order valence-electron chi connectivity index (χ2n) is 5.92. The van der Waals surface area contributed by atoms with E-state index in [1.54, 1.807) is 12.4 Å². The van der Waals surface area contributed by atoms with Gasteiger partial charge in [-0.2, -0.15) is 0 Å². The number of nitrogens with one attached hydrogen (secondary N) is 2. The number of rotatable bonds is 4. The molecule has 116 valence electrons. The number of nitrogens with zero attached hydrogens (tertiary/aromatic N) is 1. The fraction of sp³-hybridized carbons (Fsp3) is 0.333. The quantitative estimate of drug-likeness (QED) is 0.821. The smallest absolute Gasteiger partial charge is 0.171 e. The fourth-order valence-corrected chi connectivity index (χ4v) is 2.77. The number of hydrogen-bond acceptors (Lipinski definition) is 2. The van der Waals surface area contributed by atoms with Crippen molar-refractivity contribution in [3.8, 4) is 0 Å². The zero-order valence-electron chi connectivity index (χ0n) is 13.6. The maximum atomic E-state index is 5.46. The minimum absolute atomic E-state index is 0.183. The van der Waals surface area contributed by atoms with Gasteiger partial charge in [-0.1, -0.05) is 37.6 Å². The van der Waals surface area contributed by atoms with Crippen molar-refractivity contribution in [2.75, 3.05) is 5.32 Å². The highest BCUT2D eigenvalue weighted by atomic mass is 32.1. The van der Waals surface area contributed by atoms with Crippen LogP contribution in [0.1, 0.15) is 36.6 Å². The van der Waals surface area contributed by atoms with E-state index in [9.17, 15) is 0 Å². The molecule has 2 aromatic rings. The first kappa shape index (κ1) is 16.4. The summed E-state index contributed by atoms with van der Waals surface area (Å²) in [6, 6.07) is 10.5. The molecule has 0 unspecified atom stereocenters. The molecule has 0 radical (unpaired) electrons. The molecule has 0 amide bonds. The summed E-state index contributed by atoms with van der Waals surface area (Å²) >= 11 is 5.46. The molecular weight excluding hydrogens is 290 g/mol. The van der Waals surface area contributed by atoms with Crippen molar-refractivity contribution < 1.29 is 0 Å². The highest BCUT2D eigenvalue weighted by Gasteiger charge is 2.18. The van der Waals surface area contributed by atoms with Crippen LogP contribution < -0.4 is 10.6 Å². The van der Waals surface area contributed by atoms with E-state index >= 15 is 0 Å². The second-order valence-corrected chi connectivity index (χ2v) is 6.32. The molecule has 0 bridgehead atoms. The summed E-state index contributed by atoms with van der Waals surface area (Å²) < 4.78 is 0. The van der Waals surface area contributed by atoms with Crippen LogP contribution in [0.4, 0.5) is 5.69 Å². The summed E-state index contributed by atoms with van der Waals surface area (Å²) in [5, 5.41) is 7.28. The van der Waals surface area contributed by atoms with E-state index in [4.69, 9.17) is 12.2 Å². The zero-order chi connectivity index (χ0) is 16.1. The molecule has 1 heterocycles. The highest BCUT2D eigenvalue weighted by molar-refractivity contribution is 7.80. The number of hydrogen-bond donors (Lipinski definition) is 2. The molecule has 0 aliphatic heterocycles. The number of thiocarbonyl (C=S) groups is 1. The Morgan fingerprint density at radius 3 is 2.36 bits per heavy atom. The Balaban J connectivity index is 2.13. The highest BCUT2D eigenvalue weighted by Crippen LogP contribution is 2.25. The molecule has 0 aliphatic rings. The number of anilines is 1. The van der Waals surface area contributed by atoms with Crippen LogP contribution in [-0.2, 0) is 0 Å². The zero-order valence-corrected chi connectivity index (χ0v) is 14.4. The van der Waals surface area contributed by atoms with Gasteiger partial charge in [-0.05, 0) is 55.2 Å². The predicted molar refractivity (Wildman–Crippen MR) is 97.1 cm³/mol. The lowest BCUT2D eigenvalue weighted by Crippen LogP contribution is -2.35. The molecule has 0 saturated carbocycles. The van der Waals surface area contributed by atoms with Gasteiger partial charge in [-0.3, -0.25) is 4.98 Å². The van der Waals surface area contributed by atoms with Crippen LogP contribution in [0.5, 0.6) is 0 Å². The number of pyridine rings is 1. The summed E-state index contributed by atoms with van der Waals surface area (Å²) in [7, 11) is 0. The van der Waals surface area contributed by atoms with Gasteiger partial charge in [0.05, 0.1) is 6.04 Å². The van der Waals surface area contributed by atoms with E-state index in [0.29, 0.717) is 11.0 Å². The first-order valence-corrected chi connectivity index (χ1v) is 7.93. The topological polar surface area (TPSA) is 37.0 Å². The predicted octanol–water partition coefficient (Wildman–Crippen LogP) is 4.38. The SMILES string of the molecule is Cc1ccc([C@@H](NC(=S)Nc2ccncc2)C(C)C)c(C)c1. The molecule has 1 aromatic carbocycles. The molecule has 3 nitrogen and oxygen atoms in total. The monoisotopic (exact) mass is 313 g/mol. The maximum Gasteiger partial charge on any atom is 0.171 e. The van der Waals surface area contributed by atoms with Crippen LogP contribution in [0.15, 0.2) is 42.7 Å². The molecule has 1 aromatic heterocycles. The first-order valence-electron chi connectivity index (χ1n) is 7.52. The standard InChI is InChI=1S/C18H23N3S/c1-12(2)17(16-6-5-13(3)11-14(16)4)21-18(22)20-15-7-9-19-10-8-15/h5-12,17H,1-4H3,(H2,19,20,21,22)/t17-/m0/s1. The number of aromatic nitrogens is 1. The van der Waals surface area contributed by atoms with Crippen LogP contribution in [0.3, 0.4) is 0 Å². The minimum atomic E-state index is 0.183. The van der Waals surface area contributed by atoms with E-state index in [2.05, 4.69) is 61.5 Å². The van der Waals surface area contributed by atoms with Gasteiger partial charge in [0.2, 0.25) is 0 Å². The molecular formula is C18H23N3S. The van der Waals surface area contributed by atoms with E-state index in [-0.39, 0.29) is 6.04 Å². The summed E-state index contributed by atoms with van der Waals surface area (Å²) in [5.41, 5.74) is 4.80. The fourth-order valence-electron chi connectivity index (χ4n) is 2.52. The van der Waals surface area contributed by atoms with Gasteiger partial charge in [-0.15, -0.1) is 0 Å². The van der Waals surface area contributed by atoms with E-state index in [1.165, 1.54) is 16.7 Å². The third-order valence-corrected chi connectivity index (χ3v) is 3.87. The van der Waals surface area contributed by atoms with Crippen LogP contribution in [0, 0.1) is 19.8 Å². The molecule has 0 aliphatic carbocycles. The lowest BCUT2D eigenvalue weighted by atomic mass is 9.92. The Kier molecular flexibility index (Phi) is 5.50. The lowest BCUT2D eigenvalue weighted by molar-refractivity contribution is 0.471. The van der Waals surface area contributed by atoms with Gasteiger partial charge >= 0.3 is 0 Å². The molecule has 0 fully saturated rings. The Bertz CT molecular complexity index is 638. The average Bonchev–Trinajstić information content (AvgIpc) is 2.46. The number of benzene rings is 1. The molecule has 2 rings (SSSR count). The van der Waals surface area contributed by atoms with Crippen LogP contribution in [0.25, 0.3) is 0 Å². The summed E-state index contributed by atoms with van der Waals surface area (Å²) in [5.74, 6) is 0.429. The van der Waals surface area contributed by atoms with Gasteiger partial charge < -0.3 is 10.6 Å². The van der Waals surface area contributed by atoms with Crippen molar-refractivity contribution >= 4 is 23.0 Å². The van der Waals surface area contributed by atoms with Crippen molar-refractivity contribution in [3.05, 3.63) is 59.4 Å². The normalized spacial score (nSPS) is 12.0. The Morgan fingerprint density at radius 2 is 1.77 bits per heavy atom. The first-order chi connectivity index (χ1) is 10.5. The lowest BCUT2D eigenvalue weighted by Gasteiger charge is -2.26. The molecule has 0 saturated heterocycles. The van der Waals surface area contributed by atoms with Gasteiger partial charge in [0.25, 0.3) is 0 Å². The number of aryl methyl sites for hydroxylation is 2.